The number of rotatable bonds is 4. The predicted octanol–water partition coefficient (Wildman–Crippen LogP) is 1.19. The summed E-state index contributed by atoms with van der Waals surface area (Å²) in [7, 11) is 3.56. The first-order valence-corrected chi connectivity index (χ1v) is 8.75. The standard InChI is InChI=1S/C16H25BrN5O2/c1-16(2,3)12(14(24)18-4)20-13(23)11-10-9-21(5)7-6-8-22(10)15(17)19-11/h12H,1,6-9H2,2-5H3,(H,18,24)(H,20,23)/t12-/m1/s1. The van der Waals surface area contributed by atoms with Gasteiger partial charge in [0, 0.05) is 20.1 Å². The van der Waals surface area contributed by atoms with Gasteiger partial charge >= 0.3 is 0 Å². The molecule has 0 saturated heterocycles. The Morgan fingerprint density at radius 1 is 1.38 bits per heavy atom. The molecule has 2 amide bonds. The van der Waals surface area contributed by atoms with Gasteiger partial charge in [-0.1, -0.05) is 13.8 Å². The Bertz CT molecular complexity index is 635. The summed E-state index contributed by atoms with van der Waals surface area (Å²) in [6.45, 7) is 10.0. The number of halogens is 1. The van der Waals surface area contributed by atoms with Crippen LogP contribution < -0.4 is 10.6 Å². The minimum atomic E-state index is -0.741. The smallest absolute Gasteiger partial charge is 0.272 e. The molecule has 8 heteroatoms. The highest BCUT2D eigenvalue weighted by atomic mass is 79.9. The maximum absolute atomic E-state index is 12.8. The molecule has 2 heterocycles. The minimum Gasteiger partial charge on any atom is -0.357 e. The van der Waals surface area contributed by atoms with Gasteiger partial charge in [-0.25, -0.2) is 4.98 Å². The lowest BCUT2D eigenvalue weighted by molar-refractivity contribution is -0.124. The fourth-order valence-electron chi connectivity index (χ4n) is 2.82. The number of likely N-dealkylation sites (N-methyl/N-ethyl adjacent to an activating group) is 1. The molecule has 1 aromatic rings. The predicted molar refractivity (Wildman–Crippen MR) is 95.3 cm³/mol. The van der Waals surface area contributed by atoms with Gasteiger partial charge in [0.05, 0.1) is 5.69 Å². The van der Waals surface area contributed by atoms with Gasteiger partial charge in [-0.15, -0.1) is 0 Å². The number of nitrogens with zero attached hydrogens (tertiary/aromatic N) is 3. The molecule has 0 aliphatic carbocycles. The highest BCUT2D eigenvalue weighted by Crippen LogP contribution is 2.23. The van der Waals surface area contributed by atoms with Gasteiger partial charge in [-0.2, -0.15) is 0 Å². The first-order chi connectivity index (χ1) is 11.1. The van der Waals surface area contributed by atoms with Gasteiger partial charge in [0.15, 0.2) is 10.4 Å². The molecule has 1 aromatic heterocycles. The summed E-state index contributed by atoms with van der Waals surface area (Å²) in [4.78, 5) is 31.4. The van der Waals surface area contributed by atoms with E-state index in [1.807, 2.05) is 25.5 Å². The largest absolute Gasteiger partial charge is 0.357 e. The normalized spacial score (nSPS) is 16.9. The first-order valence-electron chi connectivity index (χ1n) is 7.96. The number of imidazole rings is 1. The van der Waals surface area contributed by atoms with E-state index >= 15 is 0 Å². The van der Waals surface area contributed by atoms with E-state index in [1.165, 1.54) is 0 Å². The van der Waals surface area contributed by atoms with Gasteiger partial charge in [-0.05, 0) is 48.3 Å². The van der Waals surface area contributed by atoms with Crippen molar-refractivity contribution in [2.75, 3.05) is 20.6 Å². The van der Waals surface area contributed by atoms with Crippen molar-refractivity contribution < 1.29 is 9.59 Å². The molecule has 133 valence electrons. The van der Waals surface area contributed by atoms with Crippen molar-refractivity contribution in [2.24, 2.45) is 5.41 Å². The number of nitrogens with one attached hydrogen (secondary N) is 2. The SMILES string of the molecule is [CH2]C(C)(C)[C@H](NC(=O)c1nc(Br)n2c1CN(C)CCC2)C(=O)NC. The molecule has 2 N–H and O–H groups in total. The summed E-state index contributed by atoms with van der Waals surface area (Å²) in [5.41, 5.74) is 0.561. The number of carbonyl (C=O) groups excluding carboxylic acids is 2. The Hall–Kier alpha value is -1.41. The Balaban J connectivity index is 2.31. The van der Waals surface area contributed by atoms with Crippen molar-refractivity contribution in [3.63, 3.8) is 0 Å². The molecule has 0 aromatic carbocycles. The van der Waals surface area contributed by atoms with Crippen LogP contribution in [0.5, 0.6) is 0 Å². The van der Waals surface area contributed by atoms with Crippen LogP contribution in [0.4, 0.5) is 0 Å². The third-order valence-corrected chi connectivity index (χ3v) is 4.75. The molecule has 1 aliphatic heterocycles. The molecule has 1 aliphatic rings. The molecular formula is C16H25BrN5O2. The van der Waals surface area contributed by atoms with E-state index in [1.54, 1.807) is 7.05 Å². The summed E-state index contributed by atoms with van der Waals surface area (Å²) in [5, 5.41) is 5.37. The van der Waals surface area contributed by atoms with Crippen LogP contribution in [-0.2, 0) is 17.9 Å². The third-order valence-electron chi connectivity index (χ3n) is 4.15. The van der Waals surface area contributed by atoms with Crippen LogP contribution in [0.15, 0.2) is 4.73 Å². The van der Waals surface area contributed by atoms with E-state index in [9.17, 15) is 9.59 Å². The zero-order chi connectivity index (χ0) is 18.1. The number of aromatic nitrogens is 2. The lowest BCUT2D eigenvalue weighted by Crippen LogP contribution is -2.53. The van der Waals surface area contributed by atoms with Crippen molar-refractivity contribution in [1.82, 2.24) is 25.1 Å². The summed E-state index contributed by atoms with van der Waals surface area (Å²) < 4.78 is 2.66. The van der Waals surface area contributed by atoms with E-state index in [-0.39, 0.29) is 11.8 Å². The van der Waals surface area contributed by atoms with Crippen molar-refractivity contribution in [2.45, 2.75) is 39.4 Å². The van der Waals surface area contributed by atoms with Crippen molar-refractivity contribution in [3.8, 4) is 0 Å². The summed E-state index contributed by atoms with van der Waals surface area (Å²) in [6.07, 6.45) is 0.992. The van der Waals surface area contributed by atoms with E-state index < -0.39 is 11.5 Å². The highest BCUT2D eigenvalue weighted by molar-refractivity contribution is 9.10. The summed E-state index contributed by atoms with van der Waals surface area (Å²) >= 11 is 3.44. The molecule has 0 saturated carbocycles. The average molecular weight is 399 g/mol. The zero-order valence-corrected chi connectivity index (χ0v) is 16.2. The first kappa shape index (κ1) is 18.9. The second-order valence-corrected chi connectivity index (χ2v) is 7.64. The van der Waals surface area contributed by atoms with Gasteiger partial charge in [0.25, 0.3) is 5.91 Å². The van der Waals surface area contributed by atoms with Crippen LogP contribution in [0.3, 0.4) is 0 Å². The number of amides is 2. The van der Waals surface area contributed by atoms with Gasteiger partial charge in [0.2, 0.25) is 5.91 Å². The maximum atomic E-state index is 12.8. The van der Waals surface area contributed by atoms with Gasteiger partial charge in [-0.3, -0.25) is 9.59 Å². The van der Waals surface area contributed by atoms with Gasteiger partial charge < -0.3 is 20.1 Å². The molecule has 0 bridgehead atoms. The Morgan fingerprint density at radius 3 is 2.62 bits per heavy atom. The van der Waals surface area contributed by atoms with Crippen LogP contribution in [-0.4, -0.2) is 52.9 Å². The molecular weight excluding hydrogens is 374 g/mol. The molecule has 1 atom stereocenters. The van der Waals surface area contributed by atoms with Crippen LogP contribution in [0.25, 0.3) is 0 Å². The monoisotopic (exact) mass is 398 g/mol. The average Bonchev–Trinajstić information content (AvgIpc) is 2.68. The molecule has 24 heavy (non-hydrogen) atoms. The topological polar surface area (TPSA) is 79.3 Å². The lowest BCUT2D eigenvalue weighted by Gasteiger charge is -2.29. The number of fused-ring (bicyclic) bond motifs is 1. The Labute approximate surface area is 151 Å². The number of hydrogen-bond donors (Lipinski definition) is 2. The summed E-state index contributed by atoms with van der Waals surface area (Å²) in [6, 6.07) is -0.741. The van der Waals surface area contributed by atoms with E-state index in [0.717, 1.165) is 25.2 Å². The Kier molecular flexibility index (Phi) is 5.70. The molecule has 0 unspecified atom stereocenters. The second-order valence-electron chi connectivity index (χ2n) is 6.93. The fraction of sp³-hybridized carbons (Fsp3) is 0.625. The zero-order valence-electron chi connectivity index (χ0n) is 14.6. The highest BCUT2D eigenvalue weighted by Gasteiger charge is 2.34. The number of carbonyl (C=O) groups is 2. The molecule has 7 nitrogen and oxygen atoms in total. The molecule has 2 rings (SSSR count). The number of hydrogen-bond acceptors (Lipinski definition) is 4. The van der Waals surface area contributed by atoms with Crippen molar-refractivity contribution in [3.05, 3.63) is 23.0 Å². The van der Waals surface area contributed by atoms with Crippen LogP contribution >= 0.6 is 15.9 Å². The molecule has 1 radical (unpaired) electrons. The third kappa shape index (κ3) is 3.97. The van der Waals surface area contributed by atoms with Crippen molar-refractivity contribution in [1.29, 1.82) is 0 Å². The second kappa shape index (κ2) is 7.23. The lowest BCUT2D eigenvalue weighted by atomic mass is 9.86. The fourth-order valence-corrected chi connectivity index (χ4v) is 3.39. The van der Waals surface area contributed by atoms with E-state index in [2.05, 4.69) is 43.4 Å². The summed E-state index contributed by atoms with van der Waals surface area (Å²) in [5.74, 6) is -0.630. The van der Waals surface area contributed by atoms with E-state index in [0.29, 0.717) is 17.0 Å². The van der Waals surface area contributed by atoms with Crippen molar-refractivity contribution >= 4 is 27.7 Å². The van der Waals surface area contributed by atoms with E-state index in [4.69, 9.17) is 0 Å². The van der Waals surface area contributed by atoms with Gasteiger partial charge in [0.1, 0.15) is 6.04 Å². The van der Waals surface area contributed by atoms with Crippen LogP contribution in [0.1, 0.15) is 36.5 Å². The van der Waals surface area contributed by atoms with Crippen LogP contribution in [0.2, 0.25) is 0 Å². The molecule has 0 fully saturated rings. The quantitative estimate of drug-likeness (QED) is 0.797. The molecule has 0 spiro atoms. The Morgan fingerprint density at radius 2 is 2.04 bits per heavy atom. The minimum absolute atomic E-state index is 0.273. The maximum Gasteiger partial charge on any atom is 0.272 e. The van der Waals surface area contributed by atoms with Crippen LogP contribution in [0, 0.1) is 12.3 Å².